The van der Waals surface area contributed by atoms with Crippen molar-refractivity contribution in [2.75, 3.05) is 0 Å². The van der Waals surface area contributed by atoms with Gasteiger partial charge in [-0.25, -0.2) is 0 Å². The number of carboxylic acid groups (broad SMARTS) is 1. The van der Waals surface area contributed by atoms with Crippen LogP contribution in [0.2, 0.25) is 0 Å². The van der Waals surface area contributed by atoms with Crippen molar-refractivity contribution in [1.82, 2.24) is 0 Å². The highest BCUT2D eigenvalue weighted by molar-refractivity contribution is 5.91. The number of aliphatic carboxylic acids is 1. The zero-order valence-corrected chi connectivity index (χ0v) is 9.91. The molecule has 0 aliphatic carbocycles. The van der Waals surface area contributed by atoms with E-state index in [1.165, 1.54) is 0 Å². The first-order valence-electron chi connectivity index (χ1n) is 5.78. The van der Waals surface area contributed by atoms with Crippen LogP contribution < -0.4 is 0 Å². The molecule has 2 heteroatoms. The lowest BCUT2D eigenvalue weighted by atomic mass is 10.00. The van der Waals surface area contributed by atoms with E-state index in [4.69, 9.17) is 5.11 Å². The Morgan fingerprint density at radius 2 is 1.50 bits per heavy atom. The second-order valence-corrected chi connectivity index (χ2v) is 4.02. The molecule has 0 aliphatic heterocycles. The van der Waals surface area contributed by atoms with Crippen LogP contribution in [0.3, 0.4) is 0 Å². The van der Waals surface area contributed by atoms with E-state index in [2.05, 4.69) is 0 Å². The fourth-order valence-corrected chi connectivity index (χ4v) is 1.80. The Balaban J connectivity index is 2.37. The van der Waals surface area contributed by atoms with Gasteiger partial charge in [0, 0.05) is 0 Å². The molecular formula is C16H14O2. The van der Waals surface area contributed by atoms with E-state index in [9.17, 15) is 4.79 Å². The summed E-state index contributed by atoms with van der Waals surface area (Å²) in [6, 6.07) is 19.3. The van der Waals surface area contributed by atoms with E-state index < -0.39 is 5.97 Å². The van der Waals surface area contributed by atoms with E-state index in [1.54, 1.807) is 0 Å². The summed E-state index contributed by atoms with van der Waals surface area (Å²) in [4.78, 5) is 10.9. The minimum absolute atomic E-state index is 0.0267. The van der Waals surface area contributed by atoms with E-state index in [0.29, 0.717) is 0 Å². The number of hydrogen-bond acceptors (Lipinski definition) is 1. The van der Waals surface area contributed by atoms with Gasteiger partial charge in [0.2, 0.25) is 0 Å². The van der Waals surface area contributed by atoms with Crippen LogP contribution in [-0.4, -0.2) is 11.1 Å². The summed E-state index contributed by atoms with van der Waals surface area (Å²) in [5.41, 5.74) is 2.77. The molecule has 18 heavy (non-hydrogen) atoms. The Bertz CT molecular complexity index is 542. The molecule has 0 aromatic heterocycles. The lowest BCUT2D eigenvalue weighted by Gasteiger charge is -2.05. The fourth-order valence-electron chi connectivity index (χ4n) is 1.80. The smallest absolute Gasteiger partial charge is 0.307 e. The Hall–Kier alpha value is -2.35. The molecule has 1 N–H and O–H groups in total. The van der Waals surface area contributed by atoms with Crippen LogP contribution in [0, 0.1) is 0 Å². The number of carboxylic acids is 1. The molecule has 0 amide bonds. The first-order valence-corrected chi connectivity index (χ1v) is 5.78. The number of benzene rings is 2. The van der Waals surface area contributed by atoms with E-state index in [-0.39, 0.29) is 6.42 Å². The van der Waals surface area contributed by atoms with Gasteiger partial charge in [-0.15, -0.1) is 0 Å². The summed E-state index contributed by atoms with van der Waals surface area (Å²) in [6.45, 7) is 0. The third-order valence-corrected chi connectivity index (χ3v) is 2.63. The Kier molecular flexibility index (Phi) is 3.92. The van der Waals surface area contributed by atoms with Gasteiger partial charge < -0.3 is 5.11 Å². The van der Waals surface area contributed by atoms with Crippen molar-refractivity contribution in [2.45, 2.75) is 6.42 Å². The minimum Gasteiger partial charge on any atom is -0.481 e. The highest BCUT2D eigenvalue weighted by Gasteiger charge is 2.06. The van der Waals surface area contributed by atoms with Crippen molar-refractivity contribution in [1.29, 1.82) is 0 Å². The van der Waals surface area contributed by atoms with Crippen LogP contribution >= 0.6 is 0 Å². The fraction of sp³-hybridized carbons (Fsp3) is 0.0625. The summed E-state index contributed by atoms with van der Waals surface area (Å²) in [6.07, 6.45) is 1.95. The second kappa shape index (κ2) is 5.82. The first kappa shape index (κ1) is 12.1. The van der Waals surface area contributed by atoms with E-state index in [0.717, 1.165) is 16.7 Å². The van der Waals surface area contributed by atoms with Crippen LogP contribution in [0.1, 0.15) is 17.5 Å². The van der Waals surface area contributed by atoms with Gasteiger partial charge in [-0.1, -0.05) is 66.7 Å². The maximum Gasteiger partial charge on any atom is 0.307 e. The van der Waals surface area contributed by atoms with Gasteiger partial charge in [-0.3, -0.25) is 4.79 Å². The van der Waals surface area contributed by atoms with Gasteiger partial charge in [-0.2, -0.15) is 0 Å². The molecule has 2 aromatic rings. The Morgan fingerprint density at radius 3 is 2.06 bits per heavy atom. The molecule has 0 saturated heterocycles. The van der Waals surface area contributed by atoms with Crippen molar-refractivity contribution < 1.29 is 9.90 Å². The van der Waals surface area contributed by atoms with Crippen molar-refractivity contribution in [2.24, 2.45) is 0 Å². The molecule has 0 bridgehead atoms. The van der Waals surface area contributed by atoms with E-state index >= 15 is 0 Å². The van der Waals surface area contributed by atoms with Gasteiger partial charge in [0.1, 0.15) is 0 Å². The van der Waals surface area contributed by atoms with Crippen LogP contribution in [0.25, 0.3) is 11.6 Å². The standard InChI is InChI=1S/C16H14O2/c17-16(18)12-15(14-9-5-2-6-10-14)11-13-7-3-1-4-8-13/h1-11H,12H2,(H,17,18)/b15-11-. The predicted octanol–water partition coefficient (Wildman–Crippen LogP) is 3.70. The Morgan fingerprint density at radius 1 is 0.944 bits per heavy atom. The van der Waals surface area contributed by atoms with Gasteiger partial charge in [0.05, 0.1) is 6.42 Å². The van der Waals surface area contributed by atoms with Crippen LogP contribution in [-0.2, 0) is 4.79 Å². The molecule has 0 saturated carbocycles. The average Bonchev–Trinajstić information content (AvgIpc) is 2.40. The van der Waals surface area contributed by atoms with E-state index in [1.807, 2.05) is 66.7 Å². The largest absolute Gasteiger partial charge is 0.481 e. The minimum atomic E-state index is -0.818. The van der Waals surface area contributed by atoms with Gasteiger partial charge >= 0.3 is 5.97 Å². The lowest BCUT2D eigenvalue weighted by molar-refractivity contribution is -0.135. The third-order valence-electron chi connectivity index (χ3n) is 2.63. The van der Waals surface area contributed by atoms with Crippen molar-refractivity contribution in [3.05, 3.63) is 71.8 Å². The van der Waals surface area contributed by atoms with Crippen LogP contribution in [0.15, 0.2) is 60.7 Å². The number of hydrogen-bond donors (Lipinski definition) is 1. The third kappa shape index (κ3) is 3.32. The highest BCUT2D eigenvalue weighted by Crippen LogP contribution is 2.21. The predicted molar refractivity (Wildman–Crippen MR) is 73.0 cm³/mol. The molecule has 0 aliphatic rings. The first-order chi connectivity index (χ1) is 8.75. The maximum atomic E-state index is 10.9. The number of carbonyl (C=O) groups is 1. The molecule has 0 atom stereocenters. The van der Waals surface area contributed by atoms with Crippen molar-refractivity contribution in [3.63, 3.8) is 0 Å². The summed E-state index contributed by atoms with van der Waals surface area (Å²) in [7, 11) is 0. The molecule has 0 heterocycles. The quantitative estimate of drug-likeness (QED) is 0.824. The average molecular weight is 238 g/mol. The topological polar surface area (TPSA) is 37.3 Å². The molecular weight excluding hydrogens is 224 g/mol. The van der Waals surface area contributed by atoms with Gasteiger partial charge in [0.15, 0.2) is 0 Å². The second-order valence-electron chi connectivity index (χ2n) is 4.02. The molecule has 0 spiro atoms. The Labute approximate surface area is 106 Å². The normalized spacial score (nSPS) is 11.2. The zero-order chi connectivity index (χ0) is 12.8. The number of rotatable bonds is 4. The molecule has 2 aromatic carbocycles. The van der Waals surface area contributed by atoms with Crippen LogP contribution in [0.4, 0.5) is 0 Å². The lowest BCUT2D eigenvalue weighted by Crippen LogP contribution is -1.97. The molecule has 2 nitrogen and oxygen atoms in total. The molecule has 0 fully saturated rings. The van der Waals surface area contributed by atoms with Crippen LogP contribution in [0.5, 0.6) is 0 Å². The zero-order valence-electron chi connectivity index (χ0n) is 9.91. The molecule has 0 radical (unpaired) electrons. The molecule has 90 valence electrons. The molecule has 0 unspecified atom stereocenters. The maximum absolute atomic E-state index is 10.9. The SMILES string of the molecule is O=C(O)C/C(=C/c1ccccc1)c1ccccc1. The van der Waals surface area contributed by atoms with Crippen molar-refractivity contribution >= 4 is 17.6 Å². The summed E-state index contributed by atoms with van der Waals surface area (Å²) in [5.74, 6) is -0.818. The van der Waals surface area contributed by atoms with Crippen molar-refractivity contribution in [3.8, 4) is 0 Å². The summed E-state index contributed by atoms with van der Waals surface area (Å²) in [5, 5.41) is 8.98. The summed E-state index contributed by atoms with van der Waals surface area (Å²) >= 11 is 0. The van der Waals surface area contributed by atoms with Gasteiger partial charge in [-0.05, 0) is 16.7 Å². The van der Waals surface area contributed by atoms with Gasteiger partial charge in [0.25, 0.3) is 0 Å². The monoisotopic (exact) mass is 238 g/mol. The molecule has 2 rings (SSSR count). The summed E-state index contributed by atoms with van der Waals surface area (Å²) < 4.78 is 0. The highest BCUT2D eigenvalue weighted by atomic mass is 16.4.